The average molecular weight is 621 g/mol. The largest absolute Gasteiger partial charge is 0.496 e. The number of hydrogen-bond acceptors (Lipinski definition) is 10. The number of carbonyl (C=O) groups is 1. The first kappa shape index (κ1) is 34.1. The number of methoxy groups -OCH3 is 1. The number of rotatable bonds is 6. The molecule has 1 amide bonds. The van der Waals surface area contributed by atoms with Crippen LogP contribution in [0.1, 0.15) is 53.5 Å². The maximum absolute atomic E-state index is 12.4. The molecule has 3 heterocycles. The molecule has 0 unspecified atom stereocenters. The Morgan fingerprint density at radius 2 is 1.77 bits per heavy atom. The molecule has 0 atom stereocenters. The van der Waals surface area contributed by atoms with Gasteiger partial charge in [0.2, 0.25) is 5.95 Å². The lowest BCUT2D eigenvalue weighted by molar-refractivity contribution is -0.191. The number of aromatic nitrogens is 4. The normalized spacial score (nSPS) is 13.1. The van der Waals surface area contributed by atoms with E-state index >= 15 is 0 Å². The second-order valence-electron chi connectivity index (χ2n) is 10.6. The summed E-state index contributed by atoms with van der Waals surface area (Å²) in [7, 11) is 1.69. The molecule has 0 radical (unpaired) electrons. The number of thioether (sulfide) groups is 1. The molecule has 44 heavy (non-hydrogen) atoms. The predicted octanol–water partition coefficient (Wildman–Crippen LogP) is 6.98. The van der Waals surface area contributed by atoms with Crippen molar-refractivity contribution in [2.75, 3.05) is 31.8 Å². The molecule has 1 aliphatic rings. The van der Waals surface area contributed by atoms with E-state index < -0.39 is 5.60 Å². The highest BCUT2D eigenvalue weighted by atomic mass is 32.2. The standard InChI is InChI=1S/C29H34N6O3S.C2H6.CO2/c1-29(2,3)38-28(36)34-13-11-21(12-14-34)35-18-20(17-31-35)32-27-30-16-19-7-6-8-24(26(19)33-27)23-10-9-22(39-5)15-25(23)37-4;1-2;2-1-3/h6-10,15-18,21H,11-14H2,1-5H3,(H,30,32,33);1-2H3;. The summed E-state index contributed by atoms with van der Waals surface area (Å²) < 4.78 is 13.2. The number of likely N-dealkylation sites (tertiary alicyclic amines) is 1. The zero-order valence-corrected chi connectivity index (χ0v) is 27.1. The number of hydrogen-bond donors (Lipinski definition) is 1. The molecule has 0 saturated carbocycles. The Labute approximate surface area is 262 Å². The summed E-state index contributed by atoms with van der Waals surface area (Å²) in [4.78, 5) is 40.9. The van der Waals surface area contributed by atoms with Crippen molar-refractivity contribution in [3.63, 3.8) is 0 Å². The van der Waals surface area contributed by atoms with Crippen LogP contribution in [0.2, 0.25) is 0 Å². The number of nitrogens with one attached hydrogen (secondary N) is 1. The second kappa shape index (κ2) is 15.9. The average Bonchev–Trinajstić information content (AvgIpc) is 3.49. The molecular formula is C32H40N6O5S. The maximum atomic E-state index is 12.4. The summed E-state index contributed by atoms with van der Waals surface area (Å²) in [5, 5.41) is 8.83. The van der Waals surface area contributed by atoms with Crippen molar-refractivity contribution in [3.05, 3.63) is 55.0 Å². The molecule has 11 nitrogen and oxygen atoms in total. The van der Waals surface area contributed by atoms with Gasteiger partial charge in [0, 0.05) is 46.9 Å². The van der Waals surface area contributed by atoms with E-state index in [0.717, 1.165) is 51.2 Å². The number of carbonyl (C=O) groups excluding carboxylic acids is 3. The van der Waals surface area contributed by atoms with Crippen LogP contribution in [0.4, 0.5) is 16.4 Å². The van der Waals surface area contributed by atoms with Crippen molar-refractivity contribution in [1.29, 1.82) is 0 Å². The van der Waals surface area contributed by atoms with Gasteiger partial charge < -0.3 is 19.7 Å². The lowest BCUT2D eigenvalue weighted by atomic mass is 10.0. The van der Waals surface area contributed by atoms with Gasteiger partial charge in [-0.1, -0.05) is 32.0 Å². The van der Waals surface area contributed by atoms with Crippen LogP contribution < -0.4 is 10.1 Å². The summed E-state index contributed by atoms with van der Waals surface area (Å²) in [5.74, 6) is 1.30. The quantitative estimate of drug-likeness (QED) is 0.225. The van der Waals surface area contributed by atoms with E-state index in [0.29, 0.717) is 19.0 Å². The van der Waals surface area contributed by atoms with Gasteiger partial charge in [0.05, 0.1) is 30.6 Å². The summed E-state index contributed by atoms with van der Waals surface area (Å²) in [5.41, 5.74) is 3.12. The number of anilines is 2. The smallest absolute Gasteiger partial charge is 0.410 e. The second-order valence-corrected chi connectivity index (χ2v) is 11.5. The number of fused-ring (bicyclic) bond motifs is 1. The van der Waals surface area contributed by atoms with E-state index in [9.17, 15) is 4.79 Å². The lowest BCUT2D eigenvalue weighted by Crippen LogP contribution is -2.42. The molecular weight excluding hydrogens is 580 g/mol. The molecule has 0 aliphatic carbocycles. The van der Waals surface area contributed by atoms with Gasteiger partial charge in [-0.3, -0.25) is 4.68 Å². The SMILES string of the molecule is CC.COc1cc(SC)ccc1-c1cccc2cnc(Nc3cnn(C4CCN(C(=O)OC(C)(C)C)CC4)c3)nc12.O=C=O. The predicted molar refractivity (Wildman–Crippen MR) is 171 cm³/mol. The van der Waals surface area contributed by atoms with Crippen molar-refractivity contribution in [1.82, 2.24) is 24.6 Å². The third kappa shape index (κ3) is 8.81. The summed E-state index contributed by atoms with van der Waals surface area (Å²) in [6.45, 7) is 10.9. The van der Waals surface area contributed by atoms with E-state index in [2.05, 4.69) is 33.6 Å². The zero-order valence-electron chi connectivity index (χ0n) is 26.3. The van der Waals surface area contributed by atoms with Gasteiger partial charge in [0.25, 0.3) is 0 Å². The highest BCUT2D eigenvalue weighted by molar-refractivity contribution is 7.98. The van der Waals surface area contributed by atoms with Gasteiger partial charge in [-0.15, -0.1) is 11.8 Å². The lowest BCUT2D eigenvalue weighted by Gasteiger charge is -2.33. The molecule has 1 saturated heterocycles. The van der Waals surface area contributed by atoms with E-state index in [1.165, 1.54) is 0 Å². The van der Waals surface area contributed by atoms with Gasteiger partial charge in [-0.2, -0.15) is 14.7 Å². The molecule has 0 spiro atoms. The van der Waals surface area contributed by atoms with Crippen molar-refractivity contribution >= 4 is 46.5 Å². The van der Waals surface area contributed by atoms with Crippen LogP contribution in [-0.4, -0.2) is 68.9 Å². The molecule has 4 aromatic rings. The zero-order chi connectivity index (χ0) is 32.3. The number of nitrogens with zero attached hydrogens (tertiary/aromatic N) is 5. The monoisotopic (exact) mass is 620 g/mol. The van der Waals surface area contributed by atoms with Crippen LogP contribution in [0.25, 0.3) is 22.0 Å². The summed E-state index contributed by atoms with van der Waals surface area (Å²) >= 11 is 1.68. The Morgan fingerprint density at radius 1 is 1.07 bits per heavy atom. The molecule has 2 aromatic heterocycles. The molecule has 234 valence electrons. The first-order valence-corrected chi connectivity index (χ1v) is 15.6. The molecule has 12 heteroatoms. The number of piperidine rings is 1. The fourth-order valence-corrected chi connectivity index (χ4v) is 5.15. The van der Waals surface area contributed by atoms with E-state index in [-0.39, 0.29) is 18.3 Å². The van der Waals surface area contributed by atoms with Crippen LogP contribution in [0.15, 0.2) is 59.9 Å². The topological polar surface area (TPSA) is 129 Å². The minimum absolute atomic E-state index is 0.208. The first-order valence-electron chi connectivity index (χ1n) is 14.4. The van der Waals surface area contributed by atoms with Gasteiger partial charge in [0.15, 0.2) is 0 Å². The van der Waals surface area contributed by atoms with Crippen LogP contribution in [-0.2, 0) is 14.3 Å². The van der Waals surface area contributed by atoms with Crippen LogP contribution >= 0.6 is 11.8 Å². The summed E-state index contributed by atoms with van der Waals surface area (Å²) in [6, 6.07) is 12.5. The Hall–Kier alpha value is -4.41. The number of amides is 1. The van der Waals surface area contributed by atoms with Crippen molar-refractivity contribution in [2.24, 2.45) is 0 Å². The van der Waals surface area contributed by atoms with E-state index in [4.69, 9.17) is 24.0 Å². The Bertz CT molecular complexity index is 1570. The highest BCUT2D eigenvalue weighted by Gasteiger charge is 2.28. The van der Waals surface area contributed by atoms with Crippen molar-refractivity contribution < 1.29 is 23.9 Å². The molecule has 2 aromatic carbocycles. The van der Waals surface area contributed by atoms with Crippen molar-refractivity contribution in [3.8, 4) is 16.9 Å². The Morgan fingerprint density at radius 3 is 2.41 bits per heavy atom. The van der Waals surface area contributed by atoms with E-state index in [1.807, 2.05) is 76.1 Å². The van der Waals surface area contributed by atoms with Crippen LogP contribution in [0.3, 0.4) is 0 Å². The highest BCUT2D eigenvalue weighted by Crippen LogP contribution is 2.37. The molecule has 1 fully saturated rings. The minimum Gasteiger partial charge on any atom is -0.496 e. The van der Waals surface area contributed by atoms with Gasteiger partial charge in [-0.25, -0.2) is 14.8 Å². The Kier molecular flexibility index (Phi) is 12.3. The number of ether oxygens (including phenoxy) is 2. The minimum atomic E-state index is -0.493. The fraction of sp³-hybridized carbons (Fsp3) is 0.406. The Balaban J connectivity index is 0.000000997. The molecule has 1 aliphatic heterocycles. The number of para-hydroxylation sites is 1. The van der Waals surface area contributed by atoms with Crippen LogP contribution in [0, 0.1) is 0 Å². The van der Waals surface area contributed by atoms with Gasteiger partial charge in [0.1, 0.15) is 11.4 Å². The third-order valence-electron chi connectivity index (χ3n) is 6.66. The number of benzene rings is 2. The van der Waals surface area contributed by atoms with Gasteiger partial charge >= 0.3 is 12.2 Å². The molecule has 5 rings (SSSR count). The molecule has 0 bridgehead atoms. The fourth-order valence-electron chi connectivity index (χ4n) is 4.73. The van der Waals surface area contributed by atoms with Crippen molar-refractivity contribution in [2.45, 2.75) is 64.0 Å². The maximum Gasteiger partial charge on any atom is 0.410 e. The van der Waals surface area contributed by atoms with E-state index in [1.54, 1.807) is 30.0 Å². The summed E-state index contributed by atoms with van der Waals surface area (Å²) in [6.07, 6.45) is 9.25. The first-order chi connectivity index (χ1) is 21.1. The third-order valence-corrected chi connectivity index (χ3v) is 7.38. The molecule has 1 N–H and O–H groups in total. The van der Waals surface area contributed by atoms with Crippen LogP contribution in [0.5, 0.6) is 5.75 Å². The van der Waals surface area contributed by atoms with Gasteiger partial charge in [-0.05, 0) is 58.1 Å².